The van der Waals surface area contributed by atoms with E-state index < -0.39 is 34.0 Å². The van der Waals surface area contributed by atoms with E-state index in [1.54, 1.807) is 43.1 Å². The lowest BCUT2D eigenvalue weighted by molar-refractivity contribution is -0.161. The van der Waals surface area contributed by atoms with E-state index in [-0.39, 0.29) is 41.5 Å². The molecule has 0 radical (unpaired) electrons. The number of hydrogen-bond donors (Lipinski definition) is 1. The molecule has 1 aliphatic heterocycles. The van der Waals surface area contributed by atoms with Crippen LogP contribution in [0.5, 0.6) is 0 Å². The molecule has 1 fully saturated rings. The van der Waals surface area contributed by atoms with Crippen LogP contribution in [0.4, 0.5) is 18.0 Å². The third-order valence-electron chi connectivity index (χ3n) is 6.94. The second-order valence-corrected chi connectivity index (χ2v) is 12.5. The summed E-state index contributed by atoms with van der Waals surface area (Å²) in [6.45, 7) is 5.79. The van der Waals surface area contributed by atoms with Crippen LogP contribution in [-0.4, -0.2) is 61.8 Å². The number of carbonyl (C=O) groups is 2. The van der Waals surface area contributed by atoms with Gasteiger partial charge in [-0.05, 0) is 61.2 Å². The van der Waals surface area contributed by atoms with Crippen LogP contribution in [0, 0.1) is 18.8 Å². The first-order chi connectivity index (χ1) is 21.7. The van der Waals surface area contributed by atoms with E-state index in [0.29, 0.717) is 31.5 Å². The summed E-state index contributed by atoms with van der Waals surface area (Å²) in [4.78, 5) is 28.2. The first-order valence-electron chi connectivity index (χ1n) is 14.2. The molecule has 1 aliphatic rings. The molecule has 248 valence electrons. The van der Waals surface area contributed by atoms with Crippen LogP contribution in [0.15, 0.2) is 70.0 Å². The largest absolute Gasteiger partial charge is 0.449 e. The van der Waals surface area contributed by atoms with Gasteiger partial charge in [0, 0.05) is 23.9 Å². The number of benzene rings is 2. The molecule has 0 bridgehead atoms. The van der Waals surface area contributed by atoms with Crippen LogP contribution in [0.3, 0.4) is 0 Å². The average molecular weight is 667 g/mol. The molecule has 17 heteroatoms. The van der Waals surface area contributed by atoms with Gasteiger partial charge < -0.3 is 14.3 Å². The van der Waals surface area contributed by atoms with Gasteiger partial charge in [-0.15, -0.1) is 0 Å². The molecule has 1 aromatic heterocycles. The Morgan fingerprint density at radius 2 is 1.70 bits per heavy atom. The minimum Gasteiger partial charge on any atom is -0.449 e. The number of alkyl halides is 3. The van der Waals surface area contributed by atoms with E-state index in [0.717, 1.165) is 28.4 Å². The zero-order valence-corrected chi connectivity index (χ0v) is 26.0. The van der Waals surface area contributed by atoms with Gasteiger partial charge in [0.1, 0.15) is 0 Å². The first kappa shape index (κ1) is 34.2. The number of halogens is 3. The summed E-state index contributed by atoms with van der Waals surface area (Å²) in [6, 6.07) is 12.6. The van der Waals surface area contributed by atoms with Crippen LogP contribution in [0.2, 0.25) is 0 Å². The van der Waals surface area contributed by atoms with E-state index in [4.69, 9.17) is 14.3 Å². The van der Waals surface area contributed by atoms with Crippen molar-refractivity contribution in [3.05, 3.63) is 65.9 Å². The van der Waals surface area contributed by atoms with Gasteiger partial charge >= 0.3 is 18.2 Å². The molecule has 46 heavy (non-hydrogen) atoms. The summed E-state index contributed by atoms with van der Waals surface area (Å²) in [5, 5.41) is 12.7. The van der Waals surface area contributed by atoms with E-state index in [1.807, 2.05) is 11.6 Å². The van der Waals surface area contributed by atoms with Crippen molar-refractivity contribution in [1.29, 1.82) is 0 Å². The van der Waals surface area contributed by atoms with Gasteiger partial charge in [0.15, 0.2) is 5.69 Å². The summed E-state index contributed by atoms with van der Waals surface area (Å²) < 4.78 is 79.0. The number of hydrogen-bond acceptors (Lipinski definition) is 10. The Morgan fingerprint density at radius 1 is 1.04 bits per heavy atom. The maximum atomic E-state index is 13.5. The minimum atomic E-state index is -4.69. The topological polar surface area (TPSA) is 154 Å². The zero-order chi connectivity index (χ0) is 33.5. The summed E-state index contributed by atoms with van der Waals surface area (Å²) in [7, 11) is -4.35. The number of ether oxygens (including phenoxy) is 2. The predicted octanol–water partition coefficient (Wildman–Crippen LogP) is 5.45. The molecule has 2 aromatic carbocycles. The molecule has 2 heterocycles. The fourth-order valence-electron chi connectivity index (χ4n) is 4.33. The highest BCUT2D eigenvalue weighted by molar-refractivity contribution is 7.90. The molecule has 1 saturated heterocycles. The lowest BCUT2D eigenvalue weighted by Crippen LogP contribution is -2.35. The molecule has 1 N–H and O–H groups in total. The highest BCUT2D eigenvalue weighted by Gasteiger charge is 2.35. The van der Waals surface area contributed by atoms with Crippen LogP contribution in [-0.2, 0) is 35.3 Å². The number of rotatable bonds is 11. The number of amides is 1. The maximum absolute atomic E-state index is 13.5. The van der Waals surface area contributed by atoms with Gasteiger partial charge in [-0.25, -0.2) is 22.6 Å². The van der Waals surface area contributed by atoms with Crippen molar-refractivity contribution >= 4 is 22.1 Å². The standard InChI is InChI=1S/C29H33F3N6O7S/c1-19(2)27(39)44-18-45-36-35-37-14-12-21(13-15-37)17-43-28(40)34-46(41,42)24-10-8-23(9-11-24)38-25(16-26(33-38)29(30,31)32)22-6-4-20(3)5-7-22/h4-11,16,19,21H,12-15,17-18H2,1-3H3,(H,34,40). The van der Waals surface area contributed by atoms with E-state index in [2.05, 4.69) is 15.6 Å². The summed E-state index contributed by atoms with van der Waals surface area (Å²) >= 11 is 0. The second kappa shape index (κ2) is 14.6. The van der Waals surface area contributed by atoms with Crippen LogP contribution < -0.4 is 4.72 Å². The quantitative estimate of drug-likeness (QED) is 0.0925. The van der Waals surface area contributed by atoms with Gasteiger partial charge in [-0.2, -0.15) is 18.3 Å². The summed E-state index contributed by atoms with van der Waals surface area (Å²) in [5.41, 5.74) is 0.649. The molecule has 0 aliphatic carbocycles. The molecular formula is C29H33F3N6O7S. The van der Waals surface area contributed by atoms with E-state index in [1.165, 1.54) is 12.1 Å². The number of carbonyl (C=O) groups excluding carboxylic acids is 2. The van der Waals surface area contributed by atoms with Crippen LogP contribution >= 0.6 is 0 Å². The molecule has 0 unspecified atom stereocenters. The van der Waals surface area contributed by atoms with Crippen LogP contribution in [0.1, 0.15) is 37.9 Å². The Balaban J connectivity index is 1.29. The SMILES string of the molecule is Cc1ccc(-c2cc(C(F)(F)F)nn2-c2ccc(S(=O)(=O)NC(=O)OCC3CCN(N=NOCOC(=O)C(C)C)CC3)cc2)cc1. The molecular weight excluding hydrogens is 633 g/mol. The zero-order valence-electron chi connectivity index (χ0n) is 25.2. The van der Waals surface area contributed by atoms with Crippen molar-refractivity contribution in [3.8, 4) is 16.9 Å². The monoisotopic (exact) mass is 666 g/mol. The Labute approximate surface area is 263 Å². The summed E-state index contributed by atoms with van der Waals surface area (Å²) in [6.07, 6.45) is -4.70. The third kappa shape index (κ3) is 9.18. The Morgan fingerprint density at radius 3 is 2.30 bits per heavy atom. The van der Waals surface area contributed by atoms with Crippen molar-refractivity contribution in [2.75, 3.05) is 26.5 Å². The van der Waals surface area contributed by atoms with Crippen molar-refractivity contribution in [3.63, 3.8) is 0 Å². The molecule has 3 aromatic rings. The number of piperidine rings is 1. The number of nitrogens with one attached hydrogen (secondary N) is 1. The Kier molecular flexibility index (Phi) is 10.9. The minimum absolute atomic E-state index is 0.0322. The lowest BCUT2D eigenvalue weighted by atomic mass is 9.99. The van der Waals surface area contributed by atoms with Crippen molar-refractivity contribution in [2.24, 2.45) is 22.3 Å². The van der Waals surface area contributed by atoms with Crippen molar-refractivity contribution in [2.45, 2.75) is 44.7 Å². The van der Waals surface area contributed by atoms with Gasteiger partial charge in [-0.1, -0.05) is 43.7 Å². The highest BCUT2D eigenvalue weighted by atomic mass is 32.2. The average Bonchev–Trinajstić information content (AvgIpc) is 3.47. The van der Waals surface area contributed by atoms with E-state index >= 15 is 0 Å². The van der Waals surface area contributed by atoms with Gasteiger partial charge in [-0.3, -0.25) is 9.80 Å². The fourth-order valence-corrected chi connectivity index (χ4v) is 5.22. The molecule has 0 atom stereocenters. The number of nitrogens with zero attached hydrogens (tertiary/aromatic N) is 5. The molecule has 13 nitrogen and oxygen atoms in total. The van der Waals surface area contributed by atoms with Crippen molar-refractivity contribution in [1.82, 2.24) is 19.5 Å². The van der Waals surface area contributed by atoms with Gasteiger partial charge in [0.25, 0.3) is 16.8 Å². The van der Waals surface area contributed by atoms with Gasteiger partial charge in [0.2, 0.25) is 0 Å². The third-order valence-corrected chi connectivity index (χ3v) is 8.27. The second-order valence-electron chi connectivity index (χ2n) is 10.8. The fraction of sp³-hybridized carbons (Fsp3) is 0.414. The lowest BCUT2D eigenvalue weighted by Gasteiger charge is -2.28. The van der Waals surface area contributed by atoms with Gasteiger partial charge in [0.05, 0.1) is 28.8 Å². The molecule has 1 amide bonds. The van der Waals surface area contributed by atoms with Crippen molar-refractivity contribution < 1.29 is 45.5 Å². The summed E-state index contributed by atoms with van der Waals surface area (Å²) in [5.74, 6) is -0.760. The number of aromatic nitrogens is 2. The number of sulfonamides is 1. The first-order valence-corrected chi connectivity index (χ1v) is 15.7. The smallest absolute Gasteiger partial charge is 0.435 e. The Bertz CT molecular complexity index is 1630. The highest BCUT2D eigenvalue weighted by Crippen LogP contribution is 2.33. The molecule has 0 spiro atoms. The number of aryl methyl sites for hydroxylation is 1. The predicted molar refractivity (Wildman–Crippen MR) is 156 cm³/mol. The maximum Gasteiger partial charge on any atom is 0.435 e. The molecule has 4 rings (SSSR count). The molecule has 0 saturated carbocycles. The van der Waals surface area contributed by atoms with E-state index in [9.17, 15) is 31.2 Å². The normalized spacial score (nSPS) is 14.5. The van der Waals surface area contributed by atoms with Crippen LogP contribution in [0.25, 0.3) is 16.9 Å². The Hall–Kier alpha value is -4.67. The number of esters is 1.